The molecule has 2 aromatic rings. The molecule has 1 aromatic carbocycles. The fraction of sp³-hybridized carbons (Fsp3) is 0.429. The van der Waals surface area contributed by atoms with Gasteiger partial charge in [0.05, 0.1) is 19.9 Å². The molecule has 0 atom stereocenters. The van der Waals surface area contributed by atoms with Crippen LogP contribution in [0, 0.1) is 5.92 Å². The Labute approximate surface area is 175 Å². The van der Waals surface area contributed by atoms with Crippen LogP contribution in [-0.4, -0.2) is 50.6 Å². The van der Waals surface area contributed by atoms with E-state index in [9.17, 15) is 9.59 Å². The summed E-state index contributed by atoms with van der Waals surface area (Å²) in [6.07, 6.45) is 2.02. The Morgan fingerprint density at radius 2 is 1.93 bits per heavy atom. The summed E-state index contributed by atoms with van der Waals surface area (Å²) in [5.74, 6) is 0.0890. The molecule has 29 heavy (non-hydrogen) atoms. The molecule has 0 unspecified atom stereocenters. The Morgan fingerprint density at radius 3 is 2.59 bits per heavy atom. The number of hydrogen-bond acceptors (Lipinski definition) is 6. The van der Waals surface area contributed by atoms with Gasteiger partial charge in [0.2, 0.25) is 0 Å². The van der Waals surface area contributed by atoms with Gasteiger partial charge >= 0.3 is 11.8 Å². The van der Waals surface area contributed by atoms with E-state index in [0.29, 0.717) is 29.6 Å². The highest BCUT2D eigenvalue weighted by Crippen LogP contribution is 2.29. The molecule has 156 valence electrons. The third kappa shape index (κ3) is 5.95. The van der Waals surface area contributed by atoms with Gasteiger partial charge in [-0.15, -0.1) is 0 Å². The SMILES string of the molecule is COc1ccc(NC(=O)C(=O)NCC2CCN(Cc3ccsc3)CC2)c(OC)c1. The molecule has 1 aromatic heterocycles. The highest BCUT2D eigenvalue weighted by atomic mass is 32.1. The van der Waals surface area contributed by atoms with Crippen LogP contribution in [0.25, 0.3) is 0 Å². The molecule has 2 heterocycles. The Balaban J connectivity index is 1.42. The van der Waals surface area contributed by atoms with E-state index in [2.05, 4.69) is 32.4 Å². The number of rotatable bonds is 7. The Morgan fingerprint density at radius 1 is 1.14 bits per heavy atom. The molecular weight excluding hydrogens is 390 g/mol. The van der Waals surface area contributed by atoms with Gasteiger partial charge in [0.25, 0.3) is 0 Å². The van der Waals surface area contributed by atoms with Gasteiger partial charge in [-0.1, -0.05) is 0 Å². The fourth-order valence-electron chi connectivity index (χ4n) is 3.39. The molecule has 7 nitrogen and oxygen atoms in total. The van der Waals surface area contributed by atoms with Crippen LogP contribution >= 0.6 is 11.3 Å². The van der Waals surface area contributed by atoms with Gasteiger partial charge in [-0.3, -0.25) is 14.5 Å². The van der Waals surface area contributed by atoms with Crippen LogP contribution in [0.5, 0.6) is 11.5 Å². The third-order valence-corrected chi connectivity index (χ3v) is 5.84. The zero-order valence-corrected chi connectivity index (χ0v) is 17.6. The molecule has 0 radical (unpaired) electrons. The molecule has 1 fully saturated rings. The van der Waals surface area contributed by atoms with Crippen molar-refractivity contribution in [1.82, 2.24) is 10.2 Å². The number of carbonyl (C=O) groups is 2. The fourth-order valence-corrected chi connectivity index (χ4v) is 4.05. The Kier molecular flexibility index (Phi) is 7.48. The van der Waals surface area contributed by atoms with Gasteiger partial charge in [0.1, 0.15) is 11.5 Å². The van der Waals surface area contributed by atoms with Crippen molar-refractivity contribution in [3.63, 3.8) is 0 Å². The van der Waals surface area contributed by atoms with Crippen molar-refractivity contribution in [3.8, 4) is 11.5 Å². The second-order valence-electron chi connectivity index (χ2n) is 7.08. The van der Waals surface area contributed by atoms with Crippen molar-refractivity contribution in [3.05, 3.63) is 40.6 Å². The number of likely N-dealkylation sites (tertiary alicyclic amines) is 1. The number of methoxy groups -OCH3 is 2. The Bertz CT molecular complexity index is 817. The quantitative estimate of drug-likeness (QED) is 0.677. The summed E-state index contributed by atoms with van der Waals surface area (Å²) in [4.78, 5) is 26.8. The summed E-state index contributed by atoms with van der Waals surface area (Å²) in [7, 11) is 3.04. The second kappa shape index (κ2) is 10.3. The minimum absolute atomic E-state index is 0.390. The predicted octanol–water partition coefficient (Wildman–Crippen LogP) is 2.73. The van der Waals surface area contributed by atoms with Crippen molar-refractivity contribution in [2.45, 2.75) is 19.4 Å². The van der Waals surface area contributed by atoms with E-state index in [0.717, 1.165) is 32.5 Å². The van der Waals surface area contributed by atoms with Gasteiger partial charge in [0, 0.05) is 19.2 Å². The van der Waals surface area contributed by atoms with Crippen LogP contribution in [0.1, 0.15) is 18.4 Å². The van der Waals surface area contributed by atoms with Crippen LogP contribution in [0.3, 0.4) is 0 Å². The average Bonchev–Trinajstić information content (AvgIpc) is 3.26. The number of nitrogens with zero attached hydrogens (tertiary/aromatic N) is 1. The maximum atomic E-state index is 12.2. The molecule has 0 saturated carbocycles. The number of piperidine rings is 1. The first-order valence-electron chi connectivity index (χ1n) is 9.63. The molecule has 1 aliphatic heterocycles. The van der Waals surface area contributed by atoms with Gasteiger partial charge in [-0.05, 0) is 66.4 Å². The Hall–Kier alpha value is -2.58. The van der Waals surface area contributed by atoms with Gasteiger partial charge in [0.15, 0.2) is 0 Å². The van der Waals surface area contributed by atoms with E-state index >= 15 is 0 Å². The molecule has 8 heteroatoms. The number of benzene rings is 1. The van der Waals surface area contributed by atoms with Crippen molar-refractivity contribution in [2.24, 2.45) is 5.92 Å². The molecule has 1 aliphatic rings. The lowest BCUT2D eigenvalue weighted by molar-refractivity contribution is -0.136. The first-order valence-corrected chi connectivity index (χ1v) is 10.6. The molecule has 3 rings (SSSR count). The van der Waals surface area contributed by atoms with Crippen LogP contribution in [0.15, 0.2) is 35.0 Å². The first kappa shape index (κ1) is 21.1. The summed E-state index contributed by atoms with van der Waals surface area (Å²) >= 11 is 1.72. The lowest BCUT2D eigenvalue weighted by Gasteiger charge is -2.31. The average molecular weight is 418 g/mol. The van der Waals surface area contributed by atoms with E-state index in [4.69, 9.17) is 9.47 Å². The third-order valence-electron chi connectivity index (χ3n) is 5.11. The van der Waals surface area contributed by atoms with Crippen LogP contribution < -0.4 is 20.1 Å². The normalized spacial score (nSPS) is 15.0. The zero-order chi connectivity index (χ0) is 20.6. The van der Waals surface area contributed by atoms with E-state index in [1.165, 1.54) is 12.7 Å². The lowest BCUT2D eigenvalue weighted by Crippen LogP contribution is -2.41. The molecule has 1 saturated heterocycles. The number of carbonyl (C=O) groups excluding carboxylic acids is 2. The molecular formula is C21H27N3O4S. The minimum atomic E-state index is -0.705. The molecule has 0 spiro atoms. The first-order chi connectivity index (χ1) is 14.1. The highest BCUT2D eigenvalue weighted by Gasteiger charge is 2.22. The largest absolute Gasteiger partial charge is 0.497 e. The van der Waals surface area contributed by atoms with Gasteiger partial charge in [-0.25, -0.2) is 0 Å². The summed E-state index contributed by atoms with van der Waals surface area (Å²) in [5.41, 5.74) is 1.78. The van der Waals surface area contributed by atoms with E-state index in [-0.39, 0.29) is 0 Å². The van der Waals surface area contributed by atoms with Crippen molar-refractivity contribution >= 4 is 28.8 Å². The summed E-state index contributed by atoms with van der Waals surface area (Å²) < 4.78 is 10.4. The number of ether oxygens (including phenoxy) is 2. The maximum absolute atomic E-state index is 12.2. The van der Waals surface area contributed by atoms with Crippen LogP contribution in [0.4, 0.5) is 5.69 Å². The number of nitrogens with one attached hydrogen (secondary N) is 2. The monoisotopic (exact) mass is 417 g/mol. The topological polar surface area (TPSA) is 79.9 Å². The van der Waals surface area contributed by atoms with E-state index in [1.54, 1.807) is 36.6 Å². The molecule has 2 N–H and O–H groups in total. The molecule has 0 bridgehead atoms. The molecule has 0 aliphatic carbocycles. The summed E-state index contributed by atoms with van der Waals surface area (Å²) in [6, 6.07) is 7.15. The number of amides is 2. The number of anilines is 1. The van der Waals surface area contributed by atoms with Crippen LogP contribution in [0.2, 0.25) is 0 Å². The van der Waals surface area contributed by atoms with E-state index in [1.807, 2.05) is 0 Å². The minimum Gasteiger partial charge on any atom is -0.497 e. The van der Waals surface area contributed by atoms with Gasteiger partial charge < -0.3 is 20.1 Å². The highest BCUT2D eigenvalue weighted by molar-refractivity contribution is 7.07. The summed E-state index contributed by atoms with van der Waals surface area (Å²) in [5, 5.41) is 9.64. The smallest absolute Gasteiger partial charge is 0.313 e. The van der Waals surface area contributed by atoms with Gasteiger partial charge in [-0.2, -0.15) is 11.3 Å². The van der Waals surface area contributed by atoms with Crippen LogP contribution in [-0.2, 0) is 16.1 Å². The van der Waals surface area contributed by atoms with Crippen molar-refractivity contribution in [2.75, 3.05) is 39.2 Å². The van der Waals surface area contributed by atoms with Crippen molar-refractivity contribution in [1.29, 1.82) is 0 Å². The number of hydrogen-bond donors (Lipinski definition) is 2. The number of thiophene rings is 1. The molecule has 2 amide bonds. The van der Waals surface area contributed by atoms with E-state index < -0.39 is 11.8 Å². The second-order valence-corrected chi connectivity index (χ2v) is 7.86. The summed E-state index contributed by atoms with van der Waals surface area (Å²) in [6.45, 7) is 3.50. The van der Waals surface area contributed by atoms with Crippen molar-refractivity contribution < 1.29 is 19.1 Å². The maximum Gasteiger partial charge on any atom is 0.313 e. The standard InChI is InChI=1S/C21H27N3O4S/c1-27-17-3-4-18(19(11-17)28-2)23-21(26)20(25)22-12-15-5-8-24(9-6-15)13-16-7-10-29-14-16/h3-4,7,10-11,14-15H,5-6,8-9,12-13H2,1-2H3,(H,22,25)(H,23,26). The predicted molar refractivity (Wildman–Crippen MR) is 114 cm³/mol. The lowest BCUT2D eigenvalue weighted by atomic mass is 9.96. The zero-order valence-electron chi connectivity index (χ0n) is 16.8.